The van der Waals surface area contributed by atoms with Crippen molar-refractivity contribution in [3.05, 3.63) is 48.3 Å². The van der Waals surface area contributed by atoms with Crippen LogP contribution in [-0.2, 0) is 0 Å². The molecular weight excluding hydrogens is 238 g/mol. The summed E-state index contributed by atoms with van der Waals surface area (Å²) in [5.41, 5.74) is 3.86. The molecule has 0 spiro atoms. The molecule has 0 bridgehead atoms. The Labute approximate surface area is 113 Å². The van der Waals surface area contributed by atoms with E-state index in [1.165, 1.54) is 11.9 Å². The first kappa shape index (κ1) is 13.3. The second kappa shape index (κ2) is 6.70. The van der Waals surface area contributed by atoms with Gasteiger partial charge in [-0.25, -0.2) is 15.8 Å². The minimum Gasteiger partial charge on any atom is -0.370 e. The zero-order valence-corrected chi connectivity index (χ0v) is 11.0. The third-order valence-corrected chi connectivity index (χ3v) is 3.07. The Kier molecular flexibility index (Phi) is 4.69. The number of anilines is 2. The van der Waals surface area contributed by atoms with E-state index in [1.54, 1.807) is 6.07 Å². The van der Waals surface area contributed by atoms with Crippen molar-refractivity contribution in [1.29, 1.82) is 0 Å². The Bertz CT molecular complexity index is 500. The van der Waals surface area contributed by atoms with Gasteiger partial charge in [0, 0.05) is 12.6 Å². The fourth-order valence-corrected chi connectivity index (χ4v) is 1.90. The molecule has 0 saturated heterocycles. The lowest BCUT2D eigenvalue weighted by atomic mass is 9.98. The number of nitrogens with zero attached hydrogens (tertiary/aromatic N) is 2. The first-order valence-electron chi connectivity index (χ1n) is 6.37. The van der Waals surface area contributed by atoms with Gasteiger partial charge in [-0.15, -0.1) is 0 Å². The number of nitrogens with two attached hydrogens (primary N) is 1. The molecule has 1 atom stereocenters. The highest BCUT2D eigenvalue weighted by Gasteiger charge is 2.04. The van der Waals surface area contributed by atoms with Gasteiger partial charge in [-0.05, 0) is 17.9 Å². The quantitative estimate of drug-likeness (QED) is 0.547. The van der Waals surface area contributed by atoms with Crippen LogP contribution in [0.25, 0.3) is 0 Å². The smallest absolute Gasteiger partial charge is 0.145 e. The molecule has 5 nitrogen and oxygen atoms in total. The Morgan fingerprint density at radius 3 is 2.63 bits per heavy atom. The predicted octanol–water partition coefficient (Wildman–Crippen LogP) is 2.37. The molecule has 0 aliphatic rings. The number of hydrazine groups is 1. The van der Waals surface area contributed by atoms with Crippen LogP contribution in [0.4, 0.5) is 11.6 Å². The van der Waals surface area contributed by atoms with Crippen LogP contribution in [-0.4, -0.2) is 16.5 Å². The summed E-state index contributed by atoms with van der Waals surface area (Å²) in [5.74, 6) is 7.21. The van der Waals surface area contributed by atoms with E-state index in [4.69, 9.17) is 5.84 Å². The number of hydrogen-bond donors (Lipinski definition) is 3. The molecule has 1 heterocycles. The lowest BCUT2D eigenvalue weighted by Gasteiger charge is -2.12. The standard InChI is InChI=1S/C14H19N5/c1-11(12-5-3-2-4-6-12)7-8-16-13-9-14(19-15)18-10-17-13/h2-6,9-11H,7-8,15H2,1H3,(H2,16,17,18,19). The van der Waals surface area contributed by atoms with E-state index in [9.17, 15) is 0 Å². The summed E-state index contributed by atoms with van der Waals surface area (Å²) in [5, 5.41) is 3.27. The molecule has 2 aromatic rings. The molecule has 1 aromatic carbocycles. The van der Waals surface area contributed by atoms with E-state index in [0.29, 0.717) is 11.7 Å². The van der Waals surface area contributed by atoms with Gasteiger partial charge in [-0.1, -0.05) is 37.3 Å². The van der Waals surface area contributed by atoms with Crippen molar-refractivity contribution in [3.8, 4) is 0 Å². The van der Waals surface area contributed by atoms with Gasteiger partial charge in [0.2, 0.25) is 0 Å². The van der Waals surface area contributed by atoms with Gasteiger partial charge >= 0.3 is 0 Å². The molecule has 0 aliphatic heterocycles. The molecule has 5 heteroatoms. The van der Waals surface area contributed by atoms with Crippen LogP contribution in [0.3, 0.4) is 0 Å². The Hall–Kier alpha value is -2.14. The zero-order chi connectivity index (χ0) is 13.5. The van der Waals surface area contributed by atoms with Crippen molar-refractivity contribution >= 4 is 11.6 Å². The number of hydrogen-bond acceptors (Lipinski definition) is 5. The second-order valence-corrected chi connectivity index (χ2v) is 4.46. The highest BCUT2D eigenvalue weighted by molar-refractivity contribution is 5.45. The van der Waals surface area contributed by atoms with Crippen LogP contribution >= 0.6 is 0 Å². The molecule has 0 amide bonds. The summed E-state index contributed by atoms with van der Waals surface area (Å²) in [6.07, 6.45) is 2.53. The number of aromatic nitrogens is 2. The number of rotatable bonds is 6. The zero-order valence-electron chi connectivity index (χ0n) is 11.0. The SMILES string of the molecule is CC(CCNc1cc(NN)ncn1)c1ccccc1. The molecular formula is C14H19N5. The van der Waals surface area contributed by atoms with Crippen LogP contribution in [0.5, 0.6) is 0 Å². The van der Waals surface area contributed by atoms with Crippen LogP contribution in [0.2, 0.25) is 0 Å². The summed E-state index contributed by atoms with van der Waals surface area (Å²) in [4.78, 5) is 8.10. The average Bonchev–Trinajstić information content (AvgIpc) is 2.48. The second-order valence-electron chi connectivity index (χ2n) is 4.46. The van der Waals surface area contributed by atoms with Gasteiger partial charge in [0.1, 0.15) is 18.0 Å². The van der Waals surface area contributed by atoms with Crippen molar-refractivity contribution < 1.29 is 0 Å². The minimum absolute atomic E-state index is 0.516. The summed E-state index contributed by atoms with van der Waals surface area (Å²) in [7, 11) is 0. The fraction of sp³-hybridized carbons (Fsp3) is 0.286. The lowest BCUT2D eigenvalue weighted by Crippen LogP contribution is -2.11. The molecule has 19 heavy (non-hydrogen) atoms. The monoisotopic (exact) mass is 257 g/mol. The molecule has 1 aromatic heterocycles. The molecule has 0 aliphatic carbocycles. The lowest BCUT2D eigenvalue weighted by molar-refractivity contribution is 0.704. The maximum atomic E-state index is 5.30. The average molecular weight is 257 g/mol. The van der Waals surface area contributed by atoms with Crippen molar-refractivity contribution in [2.45, 2.75) is 19.3 Å². The Morgan fingerprint density at radius 2 is 1.89 bits per heavy atom. The van der Waals surface area contributed by atoms with Gasteiger partial charge in [-0.2, -0.15) is 0 Å². The molecule has 0 fully saturated rings. The van der Waals surface area contributed by atoms with Crippen LogP contribution in [0.1, 0.15) is 24.8 Å². The van der Waals surface area contributed by atoms with Crippen molar-refractivity contribution in [3.63, 3.8) is 0 Å². The van der Waals surface area contributed by atoms with Crippen molar-refractivity contribution in [2.75, 3.05) is 17.3 Å². The molecule has 0 radical (unpaired) electrons. The predicted molar refractivity (Wildman–Crippen MR) is 77.8 cm³/mol. The summed E-state index contributed by atoms with van der Waals surface area (Å²) < 4.78 is 0. The Morgan fingerprint density at radius 1 is 1.16 bits per heavy atom. The largest absolute Gasteiger partial charge is 0.370 e. The molecule has 2 rings (SSSR count). The van der Waals surface area contributed by atoms with Crippen LogP contribution < -0.4 is 16.6 Å². The topological polar surface area (TPSA) is 75.9 Å². The molecule has 100 valence electrons. The third kappa shape index (κ3) is 3.93. The molecule has 4 N–H and O–H groups in total. The highest BCUT2D eigenvalue weighted by Crippen LogP contribution is 2.18. The van der Waals surface area contributed by atoms with E-state index in [1.807, 2.05) is 6.07 Å². The summed E-state index contributed by atoms with van der Waals surface area (Å²) >= 11 is 0. The maximum Gasteiger partial charge on any atom is 0.145 e. The number of nitrogen functional groups attached to an aromatic ring is 1. The summed E-state index contributed by atoms with van der Waals surface area (Å²) in [6, 6.07) is 12.3. The van der Waals surface area contributed by atoms with Gasteiger partial charge < -0.3 is 10.7 Å². The first-order chi connectivity index (χ1) is 9.29. The van der Waals surface area contributed by atoms with Gasteiger partial charge in [-0.3, -0.25) is 0 Å². The highest BCUT2D eigenvalue weighted by atomic mass is 15.3. The van der Waals surface area contributed by atoms with Crippen molar-refractivity contribution in [1.82, 2.24) is 9.97 Å². The van der Waals surface area contributed by atoms with Crippen molar-refractivity contribution in [2.24, 2.45) is 5.84 Å². The number of benzene rings is 1. The Balaban J connectivity index is 1.83. The first-order valence-corrected chi connectivity index (χ1v) is 6.37. The van der Waals surface area contributed by atoms with E-state index >= 15 is 0 Å². The summed E-state index contributed by atoms with van der Waals surface area (Å²) in [6.45, 7) is 3.08. The van der Waals surface area contributed by atoms with E-state index in [0.717, 1.165) is 18.8 Å². The minimum atomic E-state index is 0.516. The van der Waals surface area contributed by atoms with E-state index in [2.05, 4.69) is 51.9 Å². The number of nitrogens with one attached hydrogen (secondary N) is 2. The van der Waals surface area contributed by atoms with Gasteiger partial charge in [0.15, 0.2) is 0 Å². The maximum absolute atomic E-state index is 5.30. The molecule has 0 saturated carbocycles. The normalized spacial score (nSPS) is 11.9. The molecule has 1 unspecified atom stereocenters. The van der Waals surface area contributed by atoms with Crippen LogP contribution in [0.15, 0.2) is 42.7 Å². The fourth-order valence-electron chi connectivity index (χ4n) is 1.90. The van der Waals surface area contributed by atoms with Gasteiger partial charge in [0.25, 0.3) is 0 Å². The van der Waals surface area contributed by atoms with Gasteiger partial charge in [0.05, 0.1) is 0 Å². The van der Waals surface area contributed by atoms with E-state index in [-0.39, 0.29) is 0 Å². The van der Waals surface area contributed by atoms with Crippen LogP contribution in [0, 0.1) is 0 Å². The van der Waals surface area contributed by atoms with E-state index < -0.39 is 0 Å². The third-order valence-electron chi connectivity index (χ3n) is 3.07.